The van der Waals surface area contributed by atoms with E-state index in [1.165, 1.54) is 13.2 Å². The maximum absolute atomic E-state index is 12.2. The molecule has 0 saturated heterocycles. The largest absolute Gasteiger partial charge is 0.465 e. The van der Waals surface area contributed by atoms with Gasteiger partial charge in [-0.3, -0.25) is 4.79 Å². The first-order valence-electron chi connectivity index (χ1n) is 7.04. The van der Waals surface area contributed by atoms with Gasteiger partial charge in [0.15, 0.2) is 0 Å². The predicted octanol–water partition coefficient (Wildman–Crippen LogP) is 4.93. The highest BCUT2D eigenvalue weighted by atomic mass is 79.9. The van der Waals surface area contributed by atoms with Gasteiger partial charge in [0, 0.05) is 10.5 Å². The SMILES string of the molecule is COC(=O)c1ccccc1NC(=O)/C=C(/C)c1ccc(Br)c(Cl)c1. The van der Waals surface area contributed by atoms with Gasteiger partial charge in [-0.1, -0.05) is 29.8 Å². The molecule has 0 fully saturated rings. The Morgan fingerprint density at radius 1 is 1.21 bits per heavy atom. The Labute approximate surface area is 153 Å². The average Bonchev–Trinajstić information content (AvgIpc) is 2.57. The first-order valence-corrected chi connectivity index (χ1v) is 8.21. The summed E-state index contributed by atoms with van der Waals surface area (Å²) in [6.45, 7) is 1.81. The third-order valence-corrected chi connectivity index (χ3v) is 4.55. The third kappa shape index (κ3) is 4.46. The Morgan fingerprint density at radius 2 is 1.92 bits per heavy atom. The number of methoxy groups -OCH3 is 1. The fourth-order valence-electron chi connectivity index (χ4n) is 2.07. The molecule has 4 nitrogen and oxygen atoms in total. The summed E-state index contributed by atoms with van der Waals surface area (Å²) in [6.07, 6.45) is 1.45. The fourth-order valence-corrected chi connectivity index (χ4v) is 2.50. The van der Waals surface area contributed by atoms with Crippen LogP contribution < -0.4 is 5.32 Å². The molecule has 0 spiro atoms. The van der Waals surface area contributed by atoms with Crippen LogP contribution in [0.5, 0.6) is 0 Å². The second-order valence-corrected chi connectivity index (χ2v) is 6.24. The lowest BCUT2D eigenvalue weighted by Crippen LogP contribution is -2.13. The van der Waals surface area contributed by atoms with Crippen LogP contribution in [0.15, 0.2) is 53.0 Å². The molecule has 2 rings (SSSR count). The molecule has 0 radical (unpaired) electrons. The van der Waals surface area contributed by atoms with Crippen molar-refractivity contribution in [3.63, 3.8) is 0 Å². The molecule has 24 heavy (non-hydrogen) atoms. The summed E-state index contributed by atoms with van der Waals surface area (Å²) in [4.78, 5) is 24.0. The molecular weight excluding hydrogens is 394 g/mol. The van der Waals surface area contributed by atoms with Crippen LogP contribution in [-0.2, 0) is 9.53 Å². The quantitative estimate of drug-likeness (QED) is 0.576. The highest BCUT2D eigenvalue weighted by Gasteiger charge is 2.12. The number of para-hydroxylation sites is 1. The summed E-state index contributed by atoms with van der Waals surface area (Å²) in [6, 6.07) is 12.1. The van der Waals surface area contributed by atoms with Gasteiger partial charge in [-0.15, -0.1) is 0 Å². The van der Waals surface area contributed by atoms with Crippen LogP contribution in [0.4, 0.5) is 5.69 Å². The molecule has 124 valence electrons. The lowest BCUT2D eigenvalue weighted by Gasteiger charge is -2.09. The van der Waals surface area contributed by atoms with Gasteiger partial charge in [-0.2, -0.15) is 0 Å². The molecule has 2 aromatic carbocycles. The van der Waals surface area contributed by atoms with Crippen molar-refractivity contribution in [1.82, 2.24) is 0 Å². The Kier molecular flexibility index (Phi) is 6.17. The van der Waals surface area contributed by atoms with E-state index < -0.39 is 5.97 Å². The highest BCUT2D eigenvalue weighted by Crippen LogP contribution is 2.26. The normalized spacial score (nSPS) is 11.1. The van der Waals surface area contributed by atoms with Gasteiger partial charge in [-0.25, -0.2) is 4.79 Å². The van der Waals surface area contributed by atoms with Crippen molar-refractivity contribution in [2.75, 3.05) is 12.4 Å². The first-order chi connectivity index (χ1) is 11.4. The summed E-state index contributed by atoms with van der Waals surface area (Å²) >= 11 is 9.40. The van der Waals surface area contributed by atoms with Gasteiger partial charge >= 0.3 is 5.97 Å². The molecule has 1 N–H and O–H groups in total. The first kappa shape index (κ1) is 18.2. The molecular formula is C18H15BrClNO3. The van der Waals surface area contributed by atoms with E-state index in [9.17, 15) is 9.59 Å². The monoisotopic (exact) mass is 407 g/mol. The molecule has 0 unspecified atom stereocenters. The molecule has 2 aromatic rings. The van der Waals surface area contributed by atoms with Crippen molar-refractivity contribution in [2.45, 2.75) is 6.92 Å². The fraction of sp³-hybridized carbons (Fsp3) is 0.111. The highest BCUT2D eigenvalue weighted by molar-refractivity contribution is 9.10. The number of rotatable bonds is 4. The number of hydrogen-bond donors (Lipinski definition) is 1. The van der Waals surface area contributed by atoms with E-state index in [0.717, 1.165) is 15.6 Å². The van der Waals surface area contributed by atoms with E-state index in [1.807, 2.05) is 19.1 Å². The minimum absolute atomic E-state index is 0.297. The number of nitrogens with one attached hydrogen (secondary N) is 1. The summed E-state index contributed by atoms with van der Waals surface area (Å²) < 4.78 is 5.50. The van der Waals surface area contributed by atoms with Gasteiger partial charge in [-0.05, 0) is 58.3 Å². The van der Waals surface area contributed by atoms with E-state index in [1.54, 1.807) is 30.3 Å². The third-order valence-electron chi connectivity index (χ3n) is 3.31. The number of carbonyl (C=O) groups is 2. The van der Waals surface area contributed by atoms with Crippen molar-refractivity contribution in [1.29, 1.82) is 0 Å². The van der Waals surface area contributed by atoms with E-state index >= 15 is 0 Å². The summed E-state index contributed by atoms with van der Waals surface area (Å²) in [5.41, 5.74) is 2.27. The molecule has 0 aliphatic carbocycles. The molecule has 1 amide bonds. The van der Waals surface area contributed by atoms with E-state index in [2.05, 4.69) is 21.2 Å². The summed E-state index contributed by atoms with van der Waals surface area (Å²) in [5, 5.41) is 3.26. The van der Waals surface area contributed by atoms with Gasteiger partial charge < -0.3 is 10.1 Å². The second kappa shape index (κ2) is 8.13. The number of benzene rings is 2. The lowest BCUT2D eigenvalue weighted by atomic mass is 10.1. The molecule has 0 aliphatic rings. The minimum atomic E-state index is -0.508. The Morgan fingerprint density at radius 3 is 2.58 bits per heavy atom. The summed E-state index contributed by atoms with van der Waals surface area (Å²) in [7, 11) is 1.29. The second-order valence-electron chi connectivity index (χ2n) is 4.98. The maximum Gasteiger partial charge on any atom is 0.339 e. The minimum Gasteiger partial charge on any atom is -0.465 e. The zero-order valence-corrected chi connectivity index (χ0v) is 15.4. The van der Waals surface area contributed by atoms with Crippen LogP contribution in [0.2, 0.25) is 5.02 Å². The van der Waals surface area contributed by atoms with E-state index in [4.69, 9.17) is 16.3 Å². The number of amides is 1. The number of carbonyl (C=O) groups excluding carboxylic acids is 2. The Balaban J connectivity index is 2.21. The molecule has 0 atom stereocenters. The molecule has 0 bridgehead atoms. The molecule has 0 heterocycles. The van der Waals surface area contributed by atoms with Gasteiger partial charge in [0.05, 0.1) is 23.4 Å². The molecule has 0 saturated carbocycles. The number of hydrogen-bond acceptors (Lipinski definition) is 3. The van der Waals surface area contributed by atoms with Gasteiger partial charge in [0.25, 0.3) is 0 Å². The smallest absolute Gasteiger partial charge is 0.339 e. The van der Waals surface area contributed by atoms with Crippen molar-refractivity contribution >= 4 is 50.7 Å². The number of anilines is 1. The maximum atomic E-state index is 12.2. The standard InChI is InChI=1S/C18H15BrClNO3/c1-11(12-7-8-14(19)15(20)10-12)9-17(22)21-16-6-4-3-5-13(16)18(23)24-2/h3-10H,1-2H3,(H,21,22)/b11-9-. The van der Waals surface area contributed by atoms with Crippen LogP contribution in [0.1, 0.15) is 22.8 Å². The zero-order chi connectivity index (χ0) is 17.7. The molecule has 0 aliphatic heterocycles. The van der Waals surface area contributed by atoms with Crippen LogP contribution >= 0.6 is 27.5 Å². The van der Waals surface area contributed by atoms with Crippen molar-refractivity contribution < 1.29 is 14.3 Å². The Bertz CT molecular complexity index is 818. The van der Waals surface area contributed by atoms with Gasteiger partial charge in [0.1, 0.15) is 0 Å². The number of ether oxygens (including phenoxy) is 1. The van der Waals surface area contributed by atoms with Crippen LogP contribution in [-0.4, -0.2) is 19.0 Å². The number of allylic oxidation sites excluding steroid dienone is 1. The lowest BCUT2D eigenvalue weighted by molar-refractivity contribution is -0.111. The van der Waals surface area contributed by atoms with Crippen molar-refractivity contribution in [3.8, 4) is 0 Å². The Hall–Kier alpha value is -2.11. The van der Waals surface area contributed by atoms with Gasteiger partial charge in [0.2, 0.25) is 5.91 Å². The average molecular weight is 409 g/mol. The van der Waals surface area contributed by atoms with E-state index in [-0.39, 0.29) is 5.91 Å². The number of esters is 1. The molecule has 6 heteroatoms. The van der Waals surface area contributed by atoms with Crippen LogP contribution in [0, 0.1) is 0 Å². The zero-order valence-electron chi connectivity index (χ0n) is 13.1. The van der Waals surface area contributed by atoms with Crippen molar-refractivity contribution in [2.24, 2.45) is 0 Å². The van der Waals surface area contributed by atoms with Crippen LogP contribution in [0.25, 0.3) is 5.57 Å². The number of halogens is 2. The summed E-state index contributed by atoms with van der Waals surface area (Å²) in [5.74, 6) is -0.853. The van der Waals surface area contributed by atoms with E-state index in [0.29, 0.717) is 16.3 Å². The predicted molar refractivity (Wildman–Crippen MR) is 99.2 cm³/mol. The topological polar surface area (TPSA) is 55.4 Å². The molecule has 0 aromatic heterocycles. The van der Waals surface area contributed by atoms with Crippen molar-refractivity contribution in [3.05, 3.63) is 69.2 Å². The van der Waals surface area contributed by atoms with Crippen LogP contribution in [0.3, 0.4) is 0 Å².